The van der Waals surface area contributed by atoms with Gasteiger partial charge in [-0.15, -0.1) is 0 Å². The molecule has 2 rings (SSSR count). The van der Waals surface area contributed by atoms with E-state index in [0.29, 0.717) is 11.6 Å². The monoisotopic (exact) mass is 208 g/mol. The van der Waals surface area contributed by atoms with Gasteiger partial charge in [0, 0.05) is 12.1 Å². The minimum atomic E-state index is -0.872. The first-order valence-electron chi connectivity index (χ1n) is 5.44. The Kier molecular flexibility index (Phi) is 2.75. The van der Waals surface area contributed by atoms with Crippen LogP contribution >= 0.6 is 0 Å². The number of nitrogens with zero attached hydrogens (tertiary/aromatic N) is 2. The number of hydrogen-bond donors (Lipinski definition) is 1. The topological polar surface area (TPSA) is 55.1 Å². The molecule has 0 aromatic carbocycles. The molecule has 1 aromatic heterocycles. The van der Waals surface area contributed by atoms with Crippen molar-refractivity contribution in [2.75, 3.05) is 0 Å². The van der Waals surface area contributed by atoms with E-state index in [0.717, 1.165) is 12.1 Å². The van der Waals surface area contributed by atoms with Crippen LogP contribution in [0.2, 0.25) is 0 Å². The van der Waals surface area contributed by atoms with Crippen LogP contribution in [0.4, 0.5) is 0 Å². The van der Waals surface area contributed by atoms with E-state index in [2.05, 4.69) is 5.10 Å². The van der Waals surface area contributed by atoms with E-state index in [-0.39, 0.29) is 0 Å². The lowest BCUT2D eigenvalue weighted by molar-refractivity contribution is 0.0681. The lowest BCUT2D eigenvalue weighted by atomic mass is 10.1. The van der Waals surface area contributed by atoms with Crippen molar-refractivity contribution in [1.29, 1.82) is 0 Å². The number of aromatic nitrogens is 2. The molecular weight excluding hydrogens is 192 g/mol. The van der Waals surface area contributed by atoms with Crippen LogP contribution in [0, 0.1) is 12.8 Å². The molecular formula is C11H16N2O2. The summed E-state index contributed by atoms with van der Waals surface area (Å²) in [5.41, 5.74) is 1.10. The highest BCUT2D eigenvalue weighted by Crippen LogP contribution is 2.26. The fourth-order valence-corrected chi connectivity index (χ4v) is 2.33. The molecule has 1 fully saturated rings. The van der Waals surface area contributed by atoms with Crippen molar-refractivity contribution in [2.24, 2.45) is 5.92 Å². The smallest absolute Gasteiger partial charge is 0.354 e. The molecule has 4 heteroatoms. The summed E-state index contributed by atoms with van der Waals surface area (Å²) in [4.78, 5) is 11.0. The largest absolute Gasteiger partial charge is 0.477 e. The quantitative estimate of drug-likeness (QED) is 0.827. The normalized spacial score (nSPS) is 17.1. The summed E-state index contributed by atoms with van der Waals surface area (Å²) in [7, 11) is 0. The van der Waals surface area contributed by atoms with E-state index in [9.17, 15) is 4.79 Å². The molecule has 0 aliphatic heterocycles. The minimum Gasteiger partial charge on any atom is -0.477 e. The summed E-state index contributed by atoms with van der Waals surface area (Å²) in [5, 5.41) is 13.2. The third kappa shape index (κ3) is 2.03. The van der Waals surface area contributed by atoms with Gasteiger partial charge in [0.25, 0.3) is 0 Å². The zero-order valence-corrected chi connectivity index (χ0v) is 8.94. The summed E-state index contributed by atoms with van der Waals surface area (Å²) >= 11 is 0. The Labute approximate surface area is 88.9 Å². The number of aromatic carboxylic acids is 1. The van der Waals surface area contributed by atoms with Gasteiger partial charge in [0.05, 0.1) is 6.20 Å². The Hall–Kier alpha value is -1.32. The van der Waals surface area contributed by atoms with Crippen molar-refractivity contribution in [3.05, 3.63) is 17.5 Å². The SMILES string of the molecule is Cc1cnn(CC2CCCC2)c1C(=O)O. The van der Waals surface area contributed by atoms with Crippen molar-refractivity contribution in [3.63, 3.8) is 0 Å². The highest BCUT2D eigenvalue weighted by atomic mass is 16.4. The number of rotatable bonds is 3. The van der Waals surface area contributed by atoms with Crippen molar-refractivity contribution < 1.29 is 9.90 Å². The van der Waals surface area contributed by atoms with Gasteiger partial charge in [0.15, 0.2) is 0 Å². The van der Waals surface area contributed by atoms with Crippen LogP contribution in [0.1, 0.15) is 41.7 Å². The maximum atomic E-state index is 11.0. The summed E-state index contributed by atoms with van der Waals surface area (Å²) < 4.78 is 1.65. The van der Waals surface area contributed by atoms with Crippen molar-refractivity contribution in [2.45, 2.75) is 39.2 Å². The van der Waals surface area contributed by atoms with Crippen LogP contribution < -0.4 is 0 Å². The molecule has 0 unspecified atom stereocenters. The average molecular weight is 208 g/mol. The molecule has 1 aromatic rings. The molecule has 0 radical (unpaired) electrons. The summed E-state index contributed by atoms with van der Waals surface area (Å²) in [6.45, 7) is 2.55. The first kappa shape index (κ1) is 10.2. The number of aryl methyl sites for hydroxylation is 1. The first-order chi connectivity index (χ1) is 7.18. The van der Waals surface area contributed by atoms with Crippen LogP contribution in [0.25, 0.3) is 0 Å². The van der Waals surface area contributed by atoms with Gasteiger partial charge in [-0.1, -0.05) is 12.8 Å². The summed E-state index contributed by atoms with van der Waals surface area (Å²) in [6.07, 6.45) is 6.59. The maximum Gasteiger partial charge on any atom is 0.354 e. The van der Waals surface area contributed by atoms with Crippen molar-refractivity contribution in [1.82, 2.24) is 9.78 Å². The zero-order valence-electron chi connectivity index (χ0n) is 8.94. The van der Waals surface area contributed by atoms with Crippen LogP contribution in [0.3, 0.4) is 0 Å². The maximum absolute atomic E-state index is 11.0. The molecule has 1 heterocycles. The van der Waals surface area contributed by atoms with E-state index in [4.69, 9.17) is 5.11 Å². The lowest BCUT2D eigenvalue weighted by Crippen LogP contribution is -2.15. The third-order valence-corrected chi connectivity index (χ3v) is 3.13. The molecule has 1 saturated carbocycles. The molecule has 4 nitrogen and oxygen atoms in total. The molecule has 1 N–H and O–H groups in total. The van der Waals surface area contributed by atoms with E-state index < -0.39 is 5.97 Å². The second-order valence-electron chi connectivity index (χ2n) is 4.31. The van der Waals surface area contributed by atoms with Gasteiger partial charge in [-0.3, -0.25) is 4.68 Å². The lowest BCUT2D eigenvalue weighted by Gasteiger charge is -2.10. The Bertz CT molecular complexity index is 365. The van der Waals surface area contributed by atoms with Crippen LogP contribution in [-0.4, -0.2) is 20.9 Å². The van der Waals surface area contributed by atoms with E-state index in [1.54, 1.807) is 17.8 Å². The molecule has 1 aliphatic rings. The second-order valence-corrected chi connectivity index (χ2v) is 4.31. The van der Waals surface area contributed by atoms with Crippen LogP contribution in [0.15, 0.2) is 6.20 Å². The van der Waals surface area contributed by atoms with Gasteiger partial charge in [-0.05, 0) is 25.7 Å². The highest BCUT2D eigenvalue weighted by molar-refractivity contribution is 5.87. The van der Waals surface area contributed by atoms with Gasteiger partial charge in [0.2, 0.25) is 0 Å². The predicted octanol–water partition coefficient (Wildman–Crippen LogP) is 2.08. The molecule has 15 heavy (non-hydrogen) atoms. The fourth-order valence-electron chi connectivity index (χ4n) is 2.33. The van der Waals surface area contributed by atoms with Gasteiger partial charge >= 0.3 is 5.97 Å². The minimum absolute atomic E-state index is 0.349. The number of hydrogen-bond acceptors (Lipinski definition) is 2. The zero-order chi connectivity index (χ0) is 10.8. The highest BCUT2D eigenvalue weighted by Gasteiger charge is 2.20. The van der Waals surface area contributed by atoms with Gasteiger partial charge in [-0.25, -0.2) is 4.79 Å². The van der Waals surface area contributed by atoms with Gasteiger partial charge < -0.3 is 5.11 Å². The molecule has 0 amide bonds. The van der Waals surface area contributed by atoms with Crippen LogP contribution in [-0.2, 0) is 6.54 Å². The molecule has 0 saturated heterocycles. The van der Waals surface area contributed by atoms with Gasteiger partial charge in [-0.2, -0.15) is 5.10 Å². The Morgan fingerprint density at radius 3 is 2.87 bits per heavy atom. The molecule has 0 spiro atoms. The molecule has 0 bridgehead atoms. The Morgan fingerprint density at radius 2 is 2.27 bits per heavy atom. The van der Waals surface area contributed by atoms with Crippen molar-refractivity contribution in [3.8, 4) is 0 Å². The van der Waals surface area contributed by atoms with Crippen molar-refractivity contribution >= 4 is 5.97 Å². The standard InChI is InChI=1S/C11H16N2O2/c1-8-6-12-13(10(8)11(14)15)7-9-4-2-3-5-9/h6,9H,2-5,7H2,1H3,(H,14,15). The Balaban J connectivity index is 2.16. The number of carboxylic acids is 1. The molecule has 0 atom stereocenters. The summed E-state index contributed by atoms with van der Waals surface area (Å²) in [6, 6.07) is 0. The first-order valence-corrected chi connectivity index (χ1v) is 5.44. The van der Waals surface area contributed by atoms with Gasteiger partial charge in [0.1, 0.15) is 5.69 Å². The van der Waals surface area contributed by atoms with E-state index >= 15 is 0 Å². The number of carbonyl (C=O) groups is 1. The fraction of sp³-hybridized carbons (Fsp3) is 0.636. The Morgan fingerprint density at radius 1 is 1.60 bits per heavy atom. The third-order valence-electron chi connectivity index (χ3n) is 3.13. The van der Waals surface area contributed by atoms with E-state index in [1.165, 1.54) is 25.7 Å². The predicted molar refractivity (Wildman–Crippen MR) is 55.9 cm³/mol. The van der Waals surface area contributed by atoms with E-state index in [1.807, 2.05) is 0 Å². The molecule has 1 aliphatic carbocycles. The second kappa shape index (κ2) is 4.04. The molecule has 82 valence electrons. The average Bonchev–Trinajstić information content (AvgIpc) is 2.76. The number of carboxylic acid groups (broad SMARTS) is 1. The van der Waals surface area contributed by atoms with Crippen LogP contribution in [0.5, 0.6) is 0 Å². The summed E-state index contributed by atoms with van der Waals surface area (Å²) in [5.74, 6) is -0.259.